The molecule has 2 heteroatoms. The maximum atomic E-state index is 5.93. The number of aromatic nitrogens is 1. The van der Waals surface area contributed by atoms with E-state index in [0.29, 0.717) is 0 Å². The summed E-state index contributed by atoms with van der Waals surface area (Å²) in [6.07, 6.45) is 2.77. The number of nitrogens with zero attached hydrogens (tertiary/aromatic N) is 1. The molecular formula is C18H18N2. The molecule has 0 spiro atoms. The van der Waals surface area contributed by atoms with Crippen molar-refractivity contribution in [1.29, 1.82) is 0 Å². The summed E-state index contributed by atoms with van der Waals surface area (Å²) >= 11 is 0. The topological polar surface area (TPSA) is 30.9 Å². The Morgan fingerprint density at radius 2 is 1.50 bits per heavy atom. The van der Waals surface area contributed by atoms with Gasteiger partial charge in [-0.1, -0.05) is 54.6 Å². The number of nitrogen functional groups attached to an aromatic ring is 1. The molecule has 2 N–H and O–H groups in total. The highest BCUT2D eigenvalue weighted by atomic mass is 15.3. The second kappa shape index (κ2) is 5.25. The van der Waals surface area contributed by atoms with Gasteiger partial charge in [0.1, 0.15) is 0 Å². The average molecular weight is 262 g/mol. The second-order valence-corrected chi connectivity index (χ2v) is 5.09. The van der Waals surface area contributed by atoms with Crippen LogP contribution in [-0.4, -0.2) is 4.68 Å². The summed E-state index contributed by atoms with van der Waals surface area (Å²) in [6.45, 7) is 2.09. The summed E-state index contributed by atoms with van der Waals surface area (Å²) in [5.41, 5.74) is 6.17. The molecular weight excluding hydrogens is 244 g/mol. The van der Waals surface area contributed by atoms with Gasteiger partial charge in [-0.2, -0.15) is 0 Å². The monoisotopic (exact) mass is 262 g/mol. The first-order valence-electron chi connectivity index (χ1n) is 6.80. The summed E-state index contributed by atoms with van der Waals surface area (Å²) in [5, 5.41) is 0. The van der Waals surface area contributed by atoms with Gasteiger partial charge >= 0.3 is 0 Å². The molecule has 0 aliphatic carbocycles. The van der Waals surface area contributed by atoms with Crippen LogP contribution in [0.25, 0.3) is 11.1 Å². The normalized spacial score (nSPS) is 10.7. The van der Waals surface area contributed by atoms with Crippen molar-refractivity contribution >= 4 is 0 Å². The lowest BCUT2D eigenvalue weighted by molar-refractivity contribution is 0.907. The quantitative estimate of drug-likeness (QED) is 0.716. The van der Waals surface area contributed by atoms with Crippen molar-refractivity contribution in [2.45, 2.75) is 13.3 Å². The van der Waals surface area contributed by atoms with Gasteiger partial charge in [-0.05, 0) is 35.2 Å². The van der Waals surface area contributed by atoms with E-state index in [2.05, 4.69) is 55.5 Å². The van der Waals surface area contributed by atoms with Gasteiger partial charge in [0, 0.05) is 18.3 Å². The third-order valence-corrected chi connectivity index (χ3v) is 3.68. The van der Waals surface area contributed by atoms with Crippen LogP contribution >= 0.6 is 0 Å². The number of benzene rings is 2. The molecule has 0 saturated heterocycles. The molecule has 1 aromatic heterocycles. The van der Waals surface area contributed by atoms with Crippen molar-refractivity contribution in [2.24, 2.45) is 0 Å². The first kappa shape index (κ1) is 12.5. The lowest BCUT2D eigenvalue weighted by Crippen LogP contribution is -2.11. The van der Waals surface area contributed by atoms with E-state index in [1.165, 1.54) is 22.3 Å². The Hall–Kier alpha value is -2.48. The van der Waals surface area contributed by atoms with Crippen molar-refractivity contribution < 1.29 is 0 Å². The Balaban J connectivity index is 1.84. The van der Waals surface area contributed by atoms with E-state index in [9.17, 15) is 0 Å². The number of hydrogen-bond donors (Lipinski definition) is 1. The van der Waals surface area contributed by atoms with Crippen LogP contribution in [-0.2, 0) is 6.42 Å². The highest BCUT2D eigenvalue weighted by Gasteiger charge is 2.05. The number of nitrogens with two attached hydrogens (primary N) is 1. The number of rotatable bonds is 3. The lowest BCUT2D eigenvalue weighted by atomic mass is 10.0. The molecule has 3 aromatic rings. The molecule has 100 valence electrons. The molecule has 0 unspecified atom stereocenters. The highest BCUT2D eigenvalue weighted by molar-refractivity contribution is 5.63. The van der Waals surface area contributed by atoms with Gasteiger partial charge in [0.05, 0.1) is 0 Å². The minimum atomic E-state index is 0.865. The fourth-order valence-electron chi connectivity index (χ4n) is 2.45. The van der Waals surface area contributed by atoms with Crippen LogP contribution in [0.15, 0.2) is 66.9 Å². The van der Waals surface area contributed by atoms with Crippen molar-refractivity contribution in [2.75, 3.05) is 5.84 Å². The predicted octanol–water partition coefficient (Wildman–Crippen LogP) is 3.77. The van der Waals surface area contributed by atoms with Crippen LogP contribution in [0.1, 0.15) is 16.8 Å². The SMILES string of the molecule is Cc1ccn(N)c1Cc1ccc(-c2ccccc2)cc1. The molecule has 0 bridgehead atoms. The van der Waals surface area contributed by atoms with Gasteiger partial charge in [0.25, 0.3) is 0 Å². The Morgan fingerprint density at radius 1 is 0.850 bits per heavy atom. The zero-order chi connectivity index (χ0) is 13.9. The van der Waals surface area contributed by atoms with Gasteiger partial charge in [-0.15, -0.1) is 0 Å². The molecule has 2 nitrogen and oxygen atoms in total. The minimum Gasteiger partial charge on any atom is -0.339 e. The van der Waals surface area contributed by atoms with Crippen molar-refractivity contribution in [1.82, 2.24) is 4.68 Å². The fourth-order valence-corrected chi connectivity index (χ4v) is 2.45. The van der Waals surface area contributed by atoms with Crippen LogP contribution in [0.4, 0.5) is 0 Å². The Bertz CT molecular complexity index is 675. The van der Waals surface area contributed by atoms with E-state index in [4.69, 9.17) is 5.84 Å². The Kier molecular flexibility index (Phi) is 3.30. The van der Waals surface area contributed by atoms with E-state index in [0.717, 1.165) is 12.1 Å². The van der Waals surface area contributed by atoms with Crippen molar-refractivity contribution in [3.05, 3.63) is 83.7 Å². The molecule has 0 atom stereocenters. The third kappa shape index (κ3) is 2.45. The van der Waals surface area contributed by atoms with Crippen LogP contribution in [0.3, 0.4) is 0 Å². The Morgan fingerprint density at radius 3 is 2.10 bits per heavy atom. The van der Waals surface area contributed by atoms with E-state index >= 15 is 0 Å². The maximum absolute atomic E-state index is 5.93. The fraction of sp³-hybridized carbons (Fsp3) is 0.111. The van der Waals surface area contributed by atoms with E-state index in [-0.39, 0.29) is 0 Å². The molecule has 2 aromatic carbocycles. The van der Waals surface area contributed by atoms with Gasteiger partial charge in [-0.3, -0.25) is 4.68 Å². The Labute approximate surface area is 119 Å². The molecule has 1 heterocycles. The van der Waals surface area contributed by atoms with E-state index in [1.807, 2.05) is 18.3 Å². The first-order chi connectivity index (χ1) is 9.74. The molecule has 0 aliphatic rings. The van der Waals surface area contributed by atoms with Crippen molar-refractivity contribution in [3.8, 4) is 11.1 Å². The van der Waals surface area contributed by atoms with Crippen LogP contribution < -0.4 is 5.84 Å². The zero-order valence-electron chi connectivity index (χ0n) is 11.6. The molecule has 0 saturated carbocycles. The van der Waals surface area contributed by atoms with E-state index < -0.39 is 0 Å². The maximum Gasteiger partial charge on any atom is 0.0464 e. The minimum absolute atomic E-state index is 0.865. The smallest absolute Gasteiger partial charge is 0.0464 e. The van der Waals surface area contributed by atoms with E-state index in [1.54, 1.807) is 4.68 Å². The summed E-state index contributed by atoms with van der Waals surface area (Å²) in [6, 6.07) is 21.2. The second-order valence-electron chi connectivity index (χ2n) is 5.09. The van der Waals surface area contributed by atoms with Gasteiger partial charge in [0.2, 0.25) is 0 Å². The van der Waals surface area contributed by atoms with Gasteiger partial charge in [-0.25, -0.2) is 0 Å². The third-order valence-electron chi connectivity index (χ3n) is 3.68. The molecule has 0 fully saturated rings. The average Bonchev–Trinajstić information content (AvgIpc) is 2.81. The summed E-state index contributed by atoms with van der Waals surface area (Å²) in [5.74, 6) is 5.93. The summed E-state index contributed by atoms with van der Waals surface area (Å²) < 4.78 is 1.71. The highest BCUT2D eigenvalue weighted by Crippen LogP contribution is 2.21. The zero-order valence-corrected chi connectivity index (χ0v) is 11.6. The summed E-state index contributed by atoms with van der Waals surface area (Å²) in [4.78, 5) is 0. The largest absolute Gasteiger partial charge is 0.339 e. The van der Waals surface area contributed by atoms with Gasteiger partial charge in [0.15, 0.2) is 0 Å². The number of aryl methyl sites for hydroxylation is 1. The van der Waals surface area contributed by atoms with Crippen molar-refractivity contribution in [3.63, 3.8) is 0 Å². The van der Waals surface area contributed by atoms with Gasteiger partial charge < -0.3 is 5.84 Å². The summed E-state index contributed by atoms with van der Waals surface area (Å²) in [7, 11) is 0. The molecule has 3 rings (SSSR count). The molecule has 20 heavy (non-hydrogen) atoms. The van der Waals surface area contributed by atoms with Crippen LogP contribution in [0.5, 0.6) is 0 Å². The molecule has 0 radical (unpaired) electrons. The molecule has 0 aliphatic heterocycles. The predicted molar refractivity (Wildman–Crippen MR) is 84.0 cm³/mol. The number of hydrogen-bond acceptors (Lipinski definition) is 1. The standard InChI is InChI=1S/C18H18N2/c1-14-11-12-20(19)18(14)13-15-7-9-17(10-8-15)16-5-3-2-4-6-16/h2-12H,13,19H2,1H3. The lowest BCUT2D eigenvalue weighted by Gasteiger charge is -2.07. The van der Waals surface area contributed by atoms with Crippen LogP contribution in [0, 0.1) is 6.92 Å². The van der Waals surface area contributed by atoms with Crippen LogP contribution in [0.2, 0.25) is 0 Å². The molecule has 0 amide bonds. The first-order valence-corrected chi connectivity index (χ1v) is 6.80.